The van der Waals surface area contributed by atoms with Crippen molar-refractivity contribution in [1.29, 1.82) is 0 Å². The van der Waals surface area contributed by atoms with Gasteiger partial charge in [0.05, 0.1) is 12.7 Å². The van der Waals surface area contributed by atoms with E-state index in [0.717, 1.165) is 0 Å². The van der Waals surface area contributed by atoms with E-state index in [1.807, 2.05) is 0 Å². The molecule has 1 fully saturated rings. The van der Waals surface area contributed by atoms with E-state index in [4.69, 9.17) is 22.9 Å². The number of amides is 1. The number of anilines is 1. The Morgan fingerprint density at radius 2 is 2.39 bits per heavy atom. The molecule has 0 radical (unpaired) electrons. The molecule has 1 saturated heterocycles. The average Bonchev–Trinajstić information content (AvgIpc) is 2.71. The Balaban J connectivity index is 2.38. The molecular weight excluding hydrogens is 256 g/mol. The van der Waals surface area contributed by atoms with E-state index < -0.39 is 18.2 Å². The van der Waals surface area contributed by atoms with Crippen molar-refractivity contribution in [2.45, 2.75) is 19.1 Å². The monoisotopic (exact) mass is 266 g/mol. The first-order valence-electron chi connectivity index (χ1n) is 5.35. The number of cyclic esters (lactones) is 1. The van der Waals surface area contributed by atoms with Crippen molar-refractivity contribution in [3.05, 3.63) is 34.6 Å². The molecule has 1 unspecified atom stereocenters. The van der Waals surface area contributed by atoms with E-state index in [1.54, 1.807) is 13.0 Å². The molecule has 6 heteroatoms. The molecule has 2 rings (SSSR count). The van der Waals surface area contributed by atoms with Crippen molar-refractivity contribution in [1.82, 2.24) is 0 Å². The highest BCUT2D eigenvalue weighted by atomic mass is 35.5. The van der Waals surface area contributed by atoms with Crippen molar-refractivity contribution >= 4 is 29.1 Å². The molecule has 1 amide bonds. The topological polar surface area (TPSA) is 54.1 Å². The lowest BCUT2D eigenvalue weighted by Gasteiger charge is -2.23. The van der Waals surface area contributed by atoms with Crippen LogP contribution >= 0.6 is 11.6 Å². The summed E-state index contributed by atoms with van der Waals surface area (Å²) < 4.78 is 4.91. The highest BCUT2D eigenvalue weighted by Crippen LogP contribution is 2.32. The predicted molar refractivity (Wildman–Crippen MR) is 67.0 cm³/mol. The molecule has 1 aromatic rings. The highest BCUT2D eigenvalue weighted by molar-refractivity contribution is 6.33. The van der Waals surface area contributed by atoms with Gasteiger partial charge in [-0.25, -0.2) is 9.64 Å². The van der Waals surface area contributed by atoms with Crippen LogP contribution in [0.25, 0.3) is 4.85 Å². The van der Waals surface area contributed by atoms with Crippen molar-refractivity contribution in [2.24, 2.45) is 0 Å². The summed E-state index contributed by atoms with van der Waals surface area (Å²) in [5, 5.41) is 9.89. The van der Waals surface area contributed by atoms with Crippen LogP contribution in [-0.2, 0) is 4.74 Å². The Bertz CT molecular complexity index is 525. The van der Waals surface area contributed by atoms with Crippen LogP contribution in [0.1, 0.15) is 6.92 Å². The van der Waals surface area contributed by atoms with E-state index >= 15 is 0 Å². The SMILES string of the molecule is [C-]#[N+]c1ccc(N2C(=O)OCC2[C@H](C)O)cc1Cl. The van der Waals surface area contributed by atoms with Crippen LogP contribution in [0.4, 0.5) is 16.2 Å². The number of rotatable bonds is 2. The zero-order chi connectivity index (χ0) is 13.3. The highest BCUT2D eigenvalue weighted by Gasteiger charge is 2.37. The van der Waals surface area contributed by atoms with Gasteiger partial charge in [-0.3, -0.25) is 4.90 Å². The van der Waals surface area contributed by atoms with E-state index in [-0.39, 0.29) is 11.6 Å². The molecule has 0 saturated carbocycles. The summed E-state index contributed by atoms with van der Waals surface area (Å²) in [5.74, 6) is 0. The van der Waals surface area contributed by atoms with Gasteiger partial charge in [0.25, 0.3) is 0 Å². The number of ether oxygens (including phenoxy) is 1. The lowest BCUT2D eigenvalue weighted by molar-refractivity contribution is 0.142. The number of carbonyl (C=O) groups excluding carboxylic acids is 1. The van der Waals surface area contributed by atoms with Gasteiger partial charge < -0.3 is 9.84 Å². The molecule has 1 heterocycles. The van der Waals surface area contributed by atoms with Gasteiger partial charge in [0.1, 0.15) is 12.6 Å². The normalized spacial score (nSPS) is 20.4. The fraction of sp³-hybridized carbons (Fsp3) is 0.333. The smallest absolute Gasteiger partial charge is 0.414 e. The maximum absolute atomic E-state index is 11.6. The summed E-state index contributed by atoms with van der Waals surface area (Å²) in [6.07, 6.45) is -1.23. The number of aliphatic hydroxyl groups is 1. The van der Waals surface area contributed by atoms with Crippen molar-refractivity contribution in [2.75, 3.05) is 11.5 Å². The average molecular weight is 267 g/mol. The van der Waals surface area contributed by atoms with Crippen LogP contribution < -0.4 is 4.90 Å². The van der Waals surface area contributed by atoms with E-state index in [2.05, 4.69) is 4.85 Å². The number of benzene rings is 1. The summed E-state index contributed by atoms with van der Waals surface area (Å²) in [5.41, 5.74) is 0.836. The van der Waals surface area contributed by atoms with Gasteiger partial charge in [0.2, 0.25) is 5.69 Å². The molecule has 1 aromatic carbocycles. The van der Waals surface area contributed by atoms with Gasteiger partial charge in [0.15, 0.2) is 0 Å². The van der Waals surface area contributed by atoms with Gasteiger partial charge in [-0.2, -0.15) is 0 Å². The third kappa shape index (κ3) is 2.13. The molecule has 1 N–H and O–H groups in total. The van der Waals surface area contributed by atoms with Gasteiger partial charge in [-0.1, -0.05) is 17.7 Å². The second-order valence-corrected chi connectivity index (χ2v) is 4.41. The first-order chi connectivity index (χ1) is 8.54. The van der Waals surface area contributed by atoms with Crippen LogP contribution in [0.2, 0.25) is 5.02 Å². The fourth-order valence-electron chi connectivity index (χ4n) is 1.82. The second kappa shape index (κ2) is 4.84. The second-order valence-electron chi connectivity index (χ2n) is 4.00. The van der Waals surface area contributed by atoms with Gasteiger partial charge >= 0.3 is 6.09 Å². The van der Waals surface area contributed by atoms with Gasteiger partial charge in [-0.15, -0.1) is 0 Å². The number of halogens is 1. The zero-order valence-electron chi connectivity index (χ0n) is 9.63. The molecule has 0 bridgehead atoms. The minimum absolute atomic E-state index is 0.138. The molecule has 1 aliphatic heterocycles. The van der Waals surface area contributed by atoms with Gasteiger partial charge in [-0.05, 0) is 19.1 Å². The number of hydrogen-bond acceptors (Lipinski definition) is 3. The quantitative estimate of drug-likeness (QED) is 0.837. The lowest BCUT2D eigenvalue weighted by Crippen LogP contribution is -2.40. The predicted octanol–water partition coefficient (Wildman–Crippen LogP) is 2.60. The van der Waals surface area contributed by atoms with Crippen LogP contribution in [0, 0.1) is 6.57 Å². The molecular formula is C12H11ClN2O3. The molecule has 0 spiro atoms. The van der Waals surface area contributed by atoms with Crippen molar-refractivity contribution in [3.63, 3.8) is 0 Å². The Hall–Kier alpha value is -1.77. The Kier molecular flexibility index (Phi) is 3.41. The third-order valence-corrected chi connectivity index (χ3v) is 3.10. The summed E-state index contributed by atoms with van der Waals surface area (Å²) >= 11 is 5.93. The third-order valence-electron chi connectivity index (χ3n) is 2.79. The number of nitrogens with zero attached hydrogens (tertiary/aromatic N) is 2. The fourth-order valence-corrected chi connectivity index (χ4v) is 2.04. The van der Waals surface area contributed by atoms with Crippen LogP contribution in [0.5, 0.6) is 0 Å². The van der Waals surface area contributed by atoms with Gasteiger partial charge in [0, 0.05) is 10.7 Å². The summed E-state index contributed by atoms with van der Waals surface area (Å²) in [7, 11) is 0. The molecule has 0 aromatic heterocycles. The Morgan fingerprint density at radius 3 is 2.94 bits per heavy atom. The van der Waals surface area contributed by atoms with E-state index in [9.17, 15) is 9.90 Å². The molecule has 5 nitrogen and oxygen atoms in total. The minimum atomic E-state index is -0.712. The standard InChI is InChI=1S/C12H11ClN2O3/c1-7(16)11-6-18-12(17)15(11)8-3-4-10(14-2)9(13)5-8/h3-5,7,11,16H,6H2,1H3/t7-,11?/m0/s1. The molecule has 2 atom stereocenters. The summed E-state index contributed by atoms with van der Waals surface area (Å²) in [6, 6.07) is 4.24. The van der Waals surface area contributed by atoms with Crippen molar-refractivity contribution in [3.8, 4) is 0 Å². The number of carbonyl (C=O) groups is 1. The summed E-state index contributed by atoms with van der Waals surface area (Å²) in [6.45, 7) is 8.64. The Labute approximate surface area is 109 Å². The summed E-state index contributed by atoms with van der Waals surface area (Å²) in [4.78, 5) is 16.2. The molecule has 18 heavy (non-hydrogen) atoms. The minimum Gasteiger partial charge on any atom is -0.447 e. The first kappa shape index (κ1) is 12.7. The van der Waals surface area contributed by atoms with Crippen LogP contribution in [0.3, 0.4) is 0 Å². The van der Waals surface area contributed by atoms with Crippen molar-refractivity contribution < 1.29 is 14.6 Å². The molecule has 94 valence electrons. The van der Waals surface area contributed by atoms with Crippen LogP contribution in [-0.4, -0.2) is 30.0 Å². The first-order valence-corrected chi connectivity index (χ1v) is 5.73. The maximum atomic E-state index is 11.6. The molecule has 0 aliphatic carbocycles. The molecule has 1 aliphatic rings. The largest absolute Gasteiger partial charge is 0.447 e. The zero-order valence-corrected chi connectivity index (χ0v) is 10.4. The van der Waals surface area contributed by atoms with E-state index in [0.29, 0.717) is 11.4 Å². The van der Waals surface area contributed by atoms with E-state index in [1.165, 1.54) is 17.0 Å². The number of aliphatic hydroxyl groups excluding tert-OH is 1. The van der Waals surface area contributed by atoms with Crippen LogP contribution in [0.15, 0.2) is 18.2 Å². The lowest BCUT2D eigenvalue weighted by atomic mass is 10.1. The number of hydrogen-bond donors (Lipinski definition) is 1. The maximum Gasteiger partial charge on any atom is 0.414 e. The Morgan fingerprint density at radius 1 is 1.67 bits per heavy atom.